The molecule has 0 aliphatic carbocycles. The average molecular weight is 415 g/mol. The van der Waals surface area contributed by atoms with Crippen molar-refractivity contribution in [2.45, 2.75) is 6.54 Å². The monoisotopic (exact) mass is 415 g/mol. The van der Waals surface area contributed by atoms with Crippen LogP contribution in [0.1, 0.15) is 15.9 Å². The van der Waals surface area contributed by atoms with Crippen LogP contribution in [0.15, 0.2) is 54.6 Å². The summed E-state index contributed by atoms with van der Waals surface area (Å²) < 4.78 is 0. The fourth-order valence-corrected chi connectivity index (χ4v) is 2.94. The van der Waals surface area contributed by atoms with E-state index in [4.69, 9.17) is 19.8 Å². The molecule has 1 aliphatic rings. The van der Waals surface area contributed by atoms with Gasteiger partial charge in [-0.2, -0.15) is 0 Å². The number of aliphatic carboxylic acids is 2. The van der Waals surface area contributed by atoms with Crippen molar-refractivity contribution in [2.24, 2.45) is 0 Å². The summed E-state index contributed by atoms with van der Waals surface area (Å²) in [6.45, 7) is 3.22. The van der Waals surface area contributed by atoms with E-state index in [1.54, 1.807) is 12.1 Å². The molecular weight excluding hydrogens is 394 g/mol. The van der Waals surface area contributed by atoms with E-state index in [2.05, 4.69) is 4.90 Å². The van der Waals surface area contributed by atoms with Crippen molar-refractivity contribution in [1.29, 1.82) is 0 Å². The maximum absolute atomic E-state index is 12.4. The Labute approximate surface area is 172 Å². The van der Waals surface area contributed by atoms with Gasteiger partial charge in [-0.3, -0.25) is 19.8 Å². The van der Waals surface area contributed by atoms with Crippen molar-refractivity contribution in [3.63, 3.8) is 0 Å². The standard InChI is InChI=1S/C18H19N3O3.C2H2O4/c22-18(15-6-2-1-3-7-15)20-12-10-19(11-13-20)14-16-8-4-5-9-17(16)21(23)24;3-1(4)2(5)6/h1-9H,10-14H2;(H,3,4)(H,5,6). The highest BCUT2D eigenvalue weighted by Gasteiger charge is 2.23. The van der Waals surface area contributed by atoms with Gasteiger partial charge < -0.3 is 15.1 Å². The molecule has 0 aromatic heterocycles. The van der Waals surface area contributed by atoms with Crippen molar-refractivity contribution >= 4 is 23.5 Å². The van der Waals surface area contributed by atoms with E-state index in [0.717, 1.165) is 0 Å². The fourth-order valence-electron chi connectivity index (χ4n) is 2.94. The Morgan fingerprint density at radius 1 is 0.867 bits per heavy atom. The van der Waals surface area contributed by atoms with Gasteiger partial charge in [0.15, 0.2) is 0 Å². The molecule has 30 heavy (non-hydrogen) atoms. The van der Waals surface area contributed by atoms with Gasteiger partial charge >= 0.3 is 11.9 Å². The Kier molecular flexibility index (Phi) is 8.00. The van der Waals surface area contributed by atoms with Crippen molar-refractivity contribution < 1.29 is 29.5 Å². The molecule has 10 nitrogen and oxygen atoms in total. The first kappa shape index (κ1) is 22.5. The number of benzene rings is 2. The molecule has 158 valence electrons. The summed E-state index contributed by atoms with van der Waals surface area (Å²) in [6.07, 6.45) is 0. The van der Waals surface area contributed by atoms with E-state index in [9.17, 15) is 14.9 Å². The van der Waals surface area contributed by atoms with E-state index in [0.29, 0.717) is 43.9 Å². The third kappa shape index (κ3) is 6.38. The van der Waals surface area contributed by atoms with Crippen LogP contribution in [0, 0.1) is 10.1 Å². The number of nitro benzene ring substituents is 1. The predicted molar refractivity (Wildman–Crippen MR) is 106 cm³/mol. The van der Waals surface area contributed by atoms with Gasteiger partial charge in [-0.1, -0.05) is 36.4 Å². The molecule has 1 heterocycles. The topological polar surface area (TPSA) is 141 Å². The summed E-state index contributed by atoms with van der Waals surface area (Å²) in [7, 11) is 0. The molecule has 2 aromatic carbocycles. The number of carboxylic acids is 2. The average Bonchev–Trinajstić information content (AvgIpc) is 2.75. The molecule has 1 saturated heterocycles. The molecule has 1 fully saturated rings. The van der Waals surface area contributed by atoms with Crippen LogP contribution in [0.4, 0.5) is 5.69 Å². The fraction of sp³-hybridized carbons (Fsp3) is 0.250. The number of nitro groups is 1. The minimum Gasteiger partial charge on any atom is -0.473 e. The van der Waals surface area contributed by atoms with Gasteiger partial charge in [0.05, 0.1) is 4.92 Å². The number of nitrogens with zero attached hydrogens (tertiary/aromatic N) is 3. The first-order valence-electron chi connectivity index (χ1n) is 9.04. The Morgan fingerprint density at radius 3 is 1.93 bits per heavy atom. The first-order valence-corrected chi connectivity index (χ1v) is 9.04. The zero-order chi connectivity index (χ0) is 22.1. The molecule has 1 amide bonds. The second-order valence-corrected chi connectivity index (χ2v) is 6.43. The van der Waals surface area contributed by atoms with Crippen molar-refractivity contribution in [3.8, 4) is 0 Å². The molecular formula is C20H21N3O7. The van der Waals surface area contributed by atoms with E-state index >= 15 is 0 Å². The largest absolute Gasteiger partial charge is 0.473 e. The van der Waals surface area contributed by atoms with Crippen molar-refractivity contribution in [1.82, 2.24) is 9.80 Å². The molecule has 2 aromatic rings. The molecule has 0 bridgehead atoms. The first-order chi connectivity index (χ1) is 14.3. The van der Waals surface area contributed by atoms with Gasteiger partial charge in [-0.25, -0.2) is 9.59 Å². The molecule has 0 saturated carbocycles. The normalized spacial score (nSPS) is 13.7. The quantitative estimate of drug-likeness (QED) is 0.437. The van der Waals surface area contributed by atoms with Gasteiger partial charge in [0.2, 0.25) is 0 Å². The molecule has 2 N–H and O–H groups in total. The van der Waals surface area contributed by atoms with E-state index in [-0.39, 0.29) is 16.5 Å². The van der Waals surface area contributed by atoms with Gasteiger partial charge in [-0.05, 0) is 12.1 Å². The molecule has 0 atom stereocenters. The number of para-hydroxylation sites is 1. The second kappa shape index (κ2) is 10.7. The van der Waals surface area contributed by atoms with Crippen LogP contribution in [0.3, 0.4) is 0 Å². The Hall–Kier alpha value is -3.79. The molecule has 3 rings (SSSR count). The van der Waals surface area contributed by atoms with Crippen LogP contribution < -0.4 is 0 Å². The molecule has 0 radical (unpaired) electrons. The third-order valence-electron chi connectivity index (χ3n) is 4.45. The van der Waals surface area contributed by atoms with Gasteiger partial charge in [-0.15, -0.1) is 0 Å². The Balaban J connectivity index is 0.000000469. The number of amides is 1. The highest BCUT2D eigenvalue weighted by atomic mass is 16.6. The maximum Gasteiger partial charge on any atom is 0.414 e. The molecule has 1 aliphatic heterocycles. The lowest BCUT2D eigenvalue weighted by molar-refractivity contribution is -0.385. The summed E-state index contributed by atoms with van der Waals surface area (Å²) >= 11 is 0. The van der Waals surface area contributed by atoms with Crippen molar-refractivity contribution in [2.75, 3.05) is 26.2 Å². The summed E-state index contributed by atoms with van der Waals surface area (Å²) in [4.78, 5) is 45.4. The van der Waals surface area contributed by atoms with E-state index in [1.165, 1.54) is 6.07 Å². The van der Waals surface area contributed by atoms with Gasteiger partial charge in [0.1, 0.15) is 0 Å². The predicted octanol–water partition coefficient (Wildman–Crippen LogP) is 1.71. The number of hydrogen-bond donors (Lipinski definition) is 2. The summed E-state index contributed by atoms with van der Waals surface area (Å²) in [5.74, 6) is -3.61. The number of hydrogen-bond acceptors (Lipinski definition) is 6. The van der Waals surface area contributed by atoms with E-state index < -0.39 is 11.9 Å². The Morgan fingerprint density at radius 2 is 1.40 bits per heavy atom. The van der Waals surface area contributed by atoms with Crippen LogP contribution in [0.5, 0.6) is 0 Å². The van der Waals surface area contributed by atoms with E-state index in [1.807, 2.05) is 41.3 Å². The smallest absolute Gasteiger partial charge is 0.414 e. The minimum atomic E-state index is -1.82. The van der Waals surface area contributed by atoms with Crippen molar-refractivity contribution in [3.05, 3.63) is 75.8 Å². The zero-order valence-corrected chi connectivity index (χ0v) is 16.0. The van der Waals surface area contributed by atoms with Crippen LogP contribution >= 0.6 is 0 Å². The Bertz CT molecular complexity index is 898. The maximum atomic E-state index is 12.4. The SMILES string of the molecule is O=C(O)C(=O)O.O=C(c1ccccc1)N1CCN(Cc2ccccc2[N+](=O)[O-])CC1. The lowest BCUT2D eigenvalue weighted by Crippen LogP contribution is -2.48. The molecule has 0 unspecified atom stereocenters. The lowest BCUT2D eigenvalue weighted by Gasteiger charge is -2.34. The number of rotatable bonds is 4. The van der Waals surface area contributed by atoms with Crippen LogP contribution in [-0.4, -0.2) is 69.0 Å². The highest BCUT2D eigenvalue weighted by molar-refractivity contribution is 6.27. The summed E-state index contributed by atoms with van der Waals surface area (Å²) in [6, 6.07) is 16.1. The number of carbonyl (C=O) groups excluding carboxylic acids is 1. The van der Waals surface area contributed by atoms with Gasteiger partial charge in [0.25, 0.3) is 11.6 Å². The zero-order valence-electron chi connectivity index (χ0n) is 16.0. The number of carboxylic acid groups (broad SMARTS) is 2. The number of carbonyl (C=O) groups is 3. The molecule has 10 heteroatoms. The van der Waals surface area contributed by atoms with Crippen LogP contribution in [0.2, 0.25) is 0 Å². The number of piperazine rings is 1. The lowest BCUT2D eigenvalue weighted by atomic mass is 10.1. The van der Waals surface area contributed by atoms with Gasteiger partial charge in [0, 0.05) is 49.9 Å². The second-order valence-electron chi connectivity index (χ2n) is 6.43. The van der Waals surface area contributed by atoms with Crippen LogP contribution in [-0.2, 0) is 16.1 Å². The highest BCUT2D eigenvalue weighted by Crippen LogP contribution is 2.20. The minimum absolute atomic E-state index is 0.0425. The third-order valence-corrected chi connectivity index (χ3v) is 4.45. The summed E-state index contributed by atoms with van der Waals surface area (Å²) in [5.41, 5.74) is 1.57. The summed E-state index contributed by atoms with van der Waals surface area (Å²) in [5, 5.41) is 25.9. The van der Waals surface area contributed by atoms with Crippen LogP contribution in [0.25, 0.3) is 0 Å². The molecule has 0 spiro atoms.